The van der Waals surface area contributed by atoms with Crippen molar-refractivity contribution in [2.45, 2.75) is 43.5 Å². The van der Waals surface area contributed by atoms with Crippen LogP contribution in [0.15, 0.2) is 53.4 Å². The number of nitrogens with zero attached hydrogens (tertiary/aromatic N) is 2. The molecule has 1 heterocycles. The lowest BCUT2D eigenvalue weighted by molar-refractivity contribution is -0.117. The van der Waals surface area contributed by atoms with Crippen LogP contribution in [0, 0.1) is 0 Å². The molecule has 1 N–H and O–H groups in total. The van der Waals surface area contributed by atoms with E-state index in [0.717, 1.165) is 37.0 Å². The minimum atomic E-state index is -3.50. The van der Waals surface area contributed by atoms with Crippen molar-refractivity contribution in [1.29, 1.82) is 0 Å². The molecule has 1 fully saturated rings. The van der Waals surface area contributed by atoms with E-state index in [0.29, 0.717) is 18.8 Å². The Labute approximate surface area is 191 Å². The lowest BCUT2D eigenvalue weighted by Crippen LogP contribution is -2.32. The minimum Gasteiger partial charge on any atom is -0.496 e. The molecule has 0 aliphatic carbocycles. The number of methoxy groups -OCH3 is 1. The summed E-state index contributed by atoms with van der Waals surface area (Å²) in [6.45, 7) is 3.34. The number of anilines is 1. The van der Waals surface area contributed by atoms with Crippen LogP contribution in [0.25, 0.3) is 0 Å². The molecule has 0 aromatic heterocycles. The van der Waals surface area contributed by atoms with Gasteiger partial charge in [-0.3, -0.25) is 9.69 Å². The highest BCUT2D eigenvalue weighted by Gasteiger charge is 2.25. The Morgan fingerprint density at radius 2 is 1.69 bits per heavy atom. The smallest absolute Gasteiger partial charge is 0.243 e. The average molecular weight is 460 g/mol. The molecule has 1 aliphatic rings. The molecular weight excluding hydrogens is 426 g/mol. The molecule has 0 spiro atoms. The summed E-state index contributed by atoms with van der Waals surface area (Å²) >= 11 is 0. The van der Waals surface area contributed by atoms with Crippen LogP contribution in [-0.2, 0) is 14.8 Å². The summed E-state index contributed by atoms with van der Waals surface area (Å²) in [7, 11) is 0.0188. The van der Waals surface area contributed by atoms with E-state index < -0.39 is 10.0 Å². The first-order valence-electron chi connectivity index (χ1n) is 11.1. The molecule has 2 aromatic rings. The number of hydrogen-bond acceptors (Lipinski definition) is 5. The van der Waals surface area contributed by atoms with E-state index in [-0.39, 0.29) is 23.4 Å². The molecule has 7 nitrogen and oxygen atoms in total. The summed E-state index contributed by atoms with van der Waals surface area (Å²) in [5, 5.41) is 2.86. The quantitative estimate of drug-likeness (QED) is 0.648. The van der Waals surface area contributed by atoms with Crippen LogP contribution in [0.3, 0.4) is 0 Å². The van der Waals surface area contributed by atoms with Gasteiger partial charge >= 0.3 is 0 Å². The van der Waals surface area contributed by atoms with E-state index in [1.54, 1.807) is 35.7 Å². The number of likely N-dealkylation sites (N-methyl/N-ethyl adjacent to an activating group) is 1. The predicted octanol–water partition coefficient (Wildman–Crippen LogP) is 3.89. The van der Waals surface area contributed by atoms with Crippen LogP contribution >= 0.6 is 0 Å². The van der Waals surface area contributed by atoms with Crippen molar-refractivity contribution >= 4 is 21.6 Å². The maximum absolute atomic E-state index is 12.9. The number of rotatable bonds is 8. The van der Waals surface area contributed by atoms with Crippen molar-refractivity contribution < 1.29 is 17.9 Å². The van der Waals surface area contributed by atoms with Crippen molar-refractivity contribution in [3.8, 4) is 5.75 Å². The fourth-order valence-electron chi connectivity index (χ4n) is 3.95. The topological polar surface area (TPSA) is 79.0 Å². The summed E-state index contributed by atoms with van der Waals surface area (Å²) in [6, 6.07) is 14.2. The fourth-order valence-corrected chi connectivity index (χ4v) is 5.47. The summed E-state index contributed by atoms with van der Waals surface area (Å²) in [6.07, 6.45) is 3.94. The predicted molar refractivity (Wildman–Crippen MR) is 126 cm³/mol. The molecule has 3 rings (SSSR count). The minimum absolute atomic E-state index is 0.0157. The molecule has 0 radical (unpaired) electrons. The number of amides is 1. The second-order valence-electron chi connectivity index (χ2n) is 8.22. The fraction of sp³-hybridized carbons (Fsp3) is 0.458. The maximum Gasteiger partial charge on any atom is 0.243 e. The van der Waals surface area contributed by atoms with Crippen molar-refractivity contribution in [3.05, 3.63) is 54.1 Å². The molecule has 1 amide bonds. The van der Waals surface area contributed by atoms with E-state index >= 15 is 0 Å². The van der Waals surface area contributed by atoms with Gasteiger partial charge < -0.3 is 10.1 Å². The van der Waals surface area contributed by atoms with Crippen LogP contribution in [0.2, 0.25) is 0 Å². The molecule has 1 aliphatic heterocycles. The first-order valence-corrected chi connectivity index (χ1v) is 12.5. The summed E-state index contributed by atoms with van der Waals surface area (Å²) in [5.41, 5.74) is 1.58. The van der Waals surface area contributed by atoms with Crippen LogP contribution < -0.4 is 10.1 Å². The second-order valence-corrected chi connectivity index (χ2v) is 10.2. The number of para-hydroxylation sites is 1. The zero-order valence-electron chi connectivity index (χ0n) is 19.1. The Hall–Kier alpha value is -2.42. The Morgan fingerprint density at radius 3 is 2.31 bits per heavy atom. The normalized spacial score (nSPS) is 16.4. The number of benzene rings is 2. The molecule has 2 aromatic carbocycles. The molecular formula is C24H33N3O4S. The van der Waals surface area contributed by atoms with E-state index in [1.807, 2.05) is 43.1 Å². The average Bonchev–Trinajstić information content (AvgIpc) is 3.09. The van der Waals surface area contributed by atoms with Crippen molar-refractivity contribution in [2.75, 3.05) is 39.1 Å². The van der Waals surface area contributed by atoms with Gasteiger partial charge in [-0.1, -0.05) is 31.0 Å². The maximum atomic E-state index is 12.9. The summed E-state index contributed by atoms with van der Waals surface area (Å²) < 4.78 is 32.8. The third-order valence-electron chi connectivity index (χ3n) is 5.98. The van der Waals surface area contributed by atoms with Gasteiger partial charge in [0.2, 0.25) is 15.9 Å². The SMILES string of the molecule is COc1ccccc1C(C)N(C)CC(=O)Nc1ccc(S(=O)(=O)N2CCCCCC2)cc1. The zero-order valence-corrected chi connectivity index (χ0v) is 19.9. The third-order valence-corrected chi connectivity index (χ3v) is 7.90. The van der Waals surface area contributed by atoms with Gasteiger partial charge in [0.1, 0.15) is 5.75 Å². The standard InChI is InChI=1S/C24H33N3O4S/c1-19(22-10-6-7-11-23(22)31-3)26(2)18-24(28)25-20-12-14-21(15-13-20)32(29,30)27-16-8-4-5-9-17-27/h6-7,10-15,19H,4-5,8-9,16-18H2,1-3H3,(H,25,28). The first-order chi connectivity index (χ1) is 15.3. The molecule has 1 saturated heterocycles. The highest BCUT2D eigenvalue weighted by molar-refractivity contribution is 7.89. The largest absolute Gasteiger partial charge is 0.496 e. The number of carbonyl (C=O) groups excluding carboxylic acids is 1. The summed E-state index contributed by atoms with van der Waals surface area (Å²) in [5.74, 6) is 0.617. The summed E-state index contributed by atoms with van der Waals surface area (Å²) in [4.78, 5) is 14.8. The van der Waals surface area contributed by atoms with Crippen LogP contribution in [0.4, 0.5) is 5.69 Å². The van der Waals surface area contributed by atoms with Gasteiger partial charge in [0.15, 0.2) is 0 Å². The van der Waals surface area contributed by atoms with Gasteiger partial charge in [-0.25, -0.2) is 8.42 Å². The number of sulfonamides is 1. The monoisotopic (exact) mass is 459 g/mol. The molecule has 1 atom stereocenters. The van der Waals surface area contributed by atoms with Crippen molar-refractivity contribution in [3.63, 3.8) is 0 Å². The lowest BCUT2D eigenvalue weighted by atomic mass is 10.1. The van der Waals surface area contributed by atoms with Crippen molar-refractivity contribution in [2.24, 2.45) is 0 Å². The molecule has 0 saturated carbocycles. The first kappa shape index (κ1) is 24.2. The van der Waals surface area contributed by atoms with Gasteiger partial charge in [-0.2, -0.15) is 4.31 Å². The highest BCUT2D eigenvalue weighted by Crippen LogP contribution is 2.28. The van der Waals surface area contributed by atoms with Crippen LogP contribution in [-0.4, -0.2) is 57.3 Å². The van der Waals surface area contributed by atoms with Crippen molar-refractivity contribution in [1.82, 2.24) is 9.21 Å². The molecule has 32 heavy (non-hydrogen) atoms. The molecule has 8 heteroatoms. The Kier molecular flexibility index (Phi) is 8.28. The van der Waals surface area contributed by atoms with Gasteiger partial charge in [0, 0.05) is 30.4 Å². The van der Waals surface area contributed by atoms with Gasteiger partial charge in [-0.05, 0) is 57.1 Å². The number of hydrogen-bond donors (Lipinski definition) is 1. The highest BCUT2D eigenvalue weighted by atomic mass is 32.2. The second kappa shape index (κ2) is 10.9. The number of carbonyl (C=O) groups is 1. The Morgan fingerprint density at radius 1 is 1.06 bits per heavy atom. The lowest BCUT2D eigenvalue weighted by Gasteiger charge is -2.25. The molecule has 174 valence electrons. The van der Waals surface area contributed by atoms with Gasteiger partial charge in [0.25, 0.3) is 0 Å². The van der Waals surface area contributed by atoms with E-state index in [2.05, 4.69) is 5.32 Å². The van der Waals surface area contributed by atoms with E-state index in [1.165, 1.54) is 0 Å². The molecule has 0 bridgehead atoms. The zero-order chi connectivity index (χ0) is 23.1. The van der Waals surface area contributed by atoms with E-state index in [9.17, 15) is 13.2 Å². The third kappa shape index (κ3) is 5.88. The van der Waals surface area contributed by atoms with E-state index in [4.69, 9.17) is 4.74 Å². The number of ether oxygens (including phenoxy) is 1. The molecule has 1 unspecified atom stereocenters. The van der Waals surface area contributed by atoms with Gasteiger partial charge in [-0.15, -0.1) is 0 Å². The van der Waals surface area contributed by atoms with Gasteiger partial charge in [0.05, 0.1) is 18.6 Å². The van der Waals surface area contributed by atoms with Crippen LogP contribution in [0.1, 0.15) is 44.2 Å². The Balaban J connectivity index is 1.60. The Bertz CT molecular complexity index is 1000. The number of nitrogens with one attached hydrogen (secondary N) is 1. The van der Waals surface area contributed by atoms with Crippen LogP contribution in [0.5, 0.6) is 5.75 Å².